The van der Waals surface area contributed by atoms with Gasteiger partial charge in [-0.05, 0) is 125 Å². The van der Waals surface area contributed by atoms with Crippen LogP contribution >= 0.6 is 81.8 Å². The molecule has 3 aromatic heterocycles. The maximum absolute atomic E-state index is 4.00. The zero-order valence-electron chi connectivity index (χ0n) is 46.1. The molecule has 0 radical (unpaired) electrons. The van der Waals surface area contributed by atoms with E-state index in [4.69, 9.17) is 0 Å². The van der Waals surface area contributed by atoms with Gasteiger partial charge in [-0.25, -0.2) is 0 Å². The van der Waals surface area contributed by atoms with Crippen molar-refractivity contribution in [2.24, 2.45) is 17.8 Å². The maximum atomic E-state index is 4.00. The molecule has 0 saturated carbocycles. The van der Waals surface area contributed by atoms with Gasteiger partial charge in [0.15, 0.2) is 0 Å². The minimum absolute atomic E-state index is 0. The Morgan fingerprint density at radius 3 is 0.957 bits per heavy atom. The van der Waals surface area contributed by atoms with E-state index in [1.807, 2.05) is 34.0 Å². The maximum Gasteiger partial charge on any atom is 0.0737 e. The fraction of sp³-hybridized carbons (Fsp3) is 0.812. The topological polar surface area (TPSA) is 0 Å². The van der Waals surface area contributed by atoms with Gasteiger partial charge in [0, 0.05) is 9.75 Å². The largest absolute Gasteiger partial charge is 0.137 e. The molecule has 0 fully saturated rings. The highest BCUT2D eigenvalue weighted by Gasteiger charge is 2.19. The Balaban J connectivity index is 0.000000777. The Morgan fingerprint density at radius 1 is 0.357 bits per heavy atom. The predicted molar refractivity (Wildman–Crippen MR) is 337 cm³/mol. The van der Waals surface area contributed by atoms with Gasteiger partial charge in [-0.15, -0.1) is 34.0 Å². The lowest BCUT2D eigenvalue weighted by molar-refractivity contribution is 0.400. The standard InChI is InChI=1S/C39H66Br2S2.C24H43BrS.CH4/c1-5-8-11-14-17-18-21-24-27-33(26-23-20-16-13-10-7-3)29-35-31-37(43-39(35)41)36-30-34(38(40)42-36)28-32(4)25-22-19-15-12-9-6-2;1-3-5-7-9-11-12-14-16-18-22(17-15-13-10-8-6-4-2)21-23-19-20-26-24(23)25;/h30-33H,5-29H2,1-4H3;19-20,22H,3-18,21H2,1-2H3;1H4. The van der Waals surface area contributed by atoms with E-state index < -0.39 is 0 Å². The summed E-state index contributed by atoms with van der Waals surface area (Å²) in [5.74, 6) is 2.49. The van der Waals surface area contributed by atoms with Gasteiger partial charge in [-0.1, -0.05) is 299 Å². The van der Waals surface area contributed by atoms with Crippen LogP contribution in [0.2, 0.25) is 0 Å². The van der Waals surface area contributed by atoms with Crippen molar-refractivity contribution in [3.05, 3.63) is 51.6 Å². The molecule has 3 rings (SSSR count). The number of hydrogen-bond donors (Lipinski definition) is 0. The molecule has 0 N–H and O–H groups in total. The van der Waals surface area contributed by atoms with Crippen molar-refractivity contribution in [1.82, 2.24) is 0 Å². The van der Waals surface area contributed by atoms with Gasteiger partial charge < -0.3 is 0 Å². The zero-order chi connectivity index (χ0) is 50.0. The average molecular weight is 1220 g/mol. The first-order valence-corrected chi connectivity index (χ1v) is 34.9. The van der Waals surface area contributed by atoms with Crippen molar-refractivity contribution in [3.8, 4) is 9.75 Å². The second kappa shape index (κ2) is 48.0. The van der Waals surface area contributed by atoms with E-state index in [-0.39, 0.29) is 7.43 Å². The molecular weight excluding hydrogens is 1100 g/mol. The van der Waals surface area contributed by atoms with Crippen molar-refractivity contribution < 1.29 is 0 Å². The van der Waals surface area contributed by atoms with E-state index in [2.05, 4.69) is 113 Å². The number of halogens is 3. The van der Waals surface area contributed by atoms with Gasteiger partial charge in [-0.2, -0.15) is 0 Å². The lowest BCUT2D eigenvalue weighted by Crippen LogP contribution is -2.05. The normalized spacial score (nSPS) is 12.8. The SMILES string of the molecule is C.CCCCCCCCCCC(CCCCCCCC)Cc1cc(-c2cc(CC(C)CCCCCCCC)c(Br)s2)sc1Br.CCCCCCCCCCC(CCCCCCCC)Cc1ccsc1Br. The monoisotopic (exact) mass is 1210 g/mol. The fourth-order valence-corrected chi connectivity index (χ4v) is 15.2. The van der Waals surface area contributed by atoms with Crippen LogP contribution in [-0.2, 0) is 19.3 Å². The quantitative estimate of drug-likeness (QED) is 0.0495. The molecule has 3 heterocycles. The number of unbranched alkanes of at least 4 members (excludes halogenated alkanes) is 29. The highest BCUT2D eigenvalue weighted by molar-refractivity contribution is 9.11. The van der Waals surface area contributed by atoms with E-state index in [0.29, 0.717) is 0 Å². The Morgan fingerprint density at radius 2 is 0.643 bits per heavy atom. The molecular formula is C64H113Br3S3. The van der Waals surface area contributed by atoms with Gasteiger partial charge in [0.05, 0.1) is 11.4 Å². The lowest BCUT2D eigenvalue weighted by Gasteiger charge is -2.17. The van der Waals surface area contributed by atoms with Gasteiger partial charge in [0.2, 0.25) is 0 Å². The molecule has 0 amide bonds. The van der Waals surface area contributed by atoms with Crippen LogP contribution in [0.25, 0.3) is 9.75 Å². The van der Waals surface area contributed by atoms with Gasteiger partial charge >= 0.3 is 0 Å². The summed E-state index contributed by atoms with van der Waals surface area (Å²) in [6.07, 6.45) is 59.0. The second-order valence-electron chi connectivity index (χ2n) is 21.7. The lowest BCUT2D eigenvalue weighted by atomic mass is 9.89. The van der Waals surface area contributed by atoms with Crippen LogP contribution in [0.1, 0.15) is 316 Å². The van der Waals surface area contributed by atoms with E-state index in [0.717, 1.165) is 17.8 Å². The summed E-state index contributed by atoms with van der Waals surface area (Å²) in [5.41, 5.74) is 4.61. The van der Waals surface area contributed by atoms with E-state index in [1.54, 1.807) is 11.1 Å². The minimum Gasteiger partial charge on any atom is -0.137 e. The van der Waals surface area contributed by atoms with Gasteiger partial charge in [0.25, 0.3) is 0 Å². The second-order valence-corrected chi connectivity index (χ2v) is 28.7. The van der Waals surface area contributed by atoms with Gasteiger partial charge in [-0.3, -0.25) is 0 Å². The Bertz CT molecular complexity index is 1550. The molecule has 6 heteroatoms. The summed E-state index contributed by atoms with van der Waals surface area (Å²) in [6.45, 7) is 14.0. The van der Waals surface area contributed by atoms with Gasteiger partial charge in [0.1, 0.15) is 0 Å². The van der Waals surface area contributed by atoms with Crippen LogP contribution in [0.5, 0.6) is 0 Å². The van der Waals surface area contributed by atoms with Crippen molar-refractivity contribution in [2.75, 3.05) is 0 Å². The summed E-state index contributed by atoms with van der Waals surface area (Å²) in [5, 5.41) is 2.23. The first-order valence-electron chi connectivity index (χ1n) is 30.0. The average Bonchev–Trinajstić information content (AvgIpc) is 4.04. The predicted octanol–water partition coefficient (Wildman–Crippen LogP) is 27.0. The molecule has 408 valence electrons. The summed E-state index contributed by atoms with van der Waals surface area (Å²) < 4.78 is 4.08. The molecule has 0 aromatic carbocycles. The van der Waals surface area contributed by atoms with Crippen LogP contribution in [0, 0.1) is 17.8 Å². The van der Waals surface area contributed by atoms with Crippen LogP contribution in [0.4, 0.5) is 0 Å². The first-order chi connectivity index (χ1) is 33.8. The van der Waals surface area contributed by atoms with Crippen LogP contribution in [-0.4, -0.2) is 0 Å². The van der Waals surface area contributed by atoms with Crippen molar-refractivity contribution in [1.29, 1.82) is 0 Å². The smallest absolute Gasteiger partial charge is 0.0737 e. The van der Waals surface area contributed by atoms with Crippen molar-refractivity contribution >= 4 is 81.8 Å². The number of thiophene rings is 3. The molecule has 0 nitrogen and oxygen atoms in total. The molecule has 0 aliphatic rings. The molecule has 3 unspecified atom stereocenters. The van der Waals surface area contributed by atoms with Crippen molar-refractivity contribution in [3.63, 3.8) is 0 Å². The summed E-state index contributed by atoms with van der Waals surface area (Å²) in [6, 6.07) is 7.35. The summed E-state index contributed by atoms with van der Waals surface area (Å²) >= 11 is 17.4. The molecule has 0 spiro atoms. The summed E-state index contributed by atoms with van der Waals surface area (Å²) in [7, 11) is 0. The van der Waals surface area contributed by atoms with E-state index in [9.17, 15) is 0 Å². The molecule has 0 saturated heterocycles. The summed E-state index contributed by atoms with van der Waals surface area (Å²) in [4.78, 5) is 2.90. The van der Waals surface area contributed by atoms with Crippen LogP contribution in [0.3, 0.4) is 0 Å². The molecule has 0 aliphatic carbocycles. The van der Waals surface area contributed by atoms with E-state index in [1.165, 1.54) is 296 Å². The third kappa shape index (κ3) is 35.0. The highest BCUT2D eigenvalue weighted by atomic mass is 79.9. The molecule has 3 aromatic rings. The Kier molecular flexibility index (Phi) is 47.0. The van der Waals surface area contributed by atoms with Crippen LogP contribution in [0.15, 0.2) is 34.9 Å². The number of hydrogen-bond acceptors (Lipinski definition) is 3. The fourth-order valence-electron chi connectivity index (χ4n) is 10.4. The molecule has 70 heavy (non-hydrogen) atoms. The Labute approximate surface area is 475 Å². The highest BCUT2D eigenvalue weighted by Crippen LogP contribution is 2.43. The first kappa shape index (κ1) is 68.6. The Hall–Kier alpha value is 0.540. The third-order valence-corrected chi connectivity index (χ3v) is 20.9. The van der Waals surface area contributed by atoms with Crippen molar-refractivity contribution in [2.45, 2.75) is 319 Å². The number of rotatable bonds is 46. The molecule has 3 atom stereocenters. The minimum atomic E-state index is 0. The van der Waals surface area contributed by atoms with E-state index >= 15 is 0 Å². The molecule has 0 bridgehead atoms. The third-order valence-electron chi connectivity index (χ3n) is 15.0. The molecule has 0 aliphatic heterocycles. The zero-order valence-corrected chi connectivity index (χ0v) is 53.3. The van der Waals surface area contributed by atoms with Crippen LogP contribution < -0.4 is 0 Å².